The Balaban J connectivity index is 1.88. The molecule has 2 N–H and O–H groups in total. The first-order chi connectivity index (χ1) is 13.6. The molecule has 1 aromatic carbocycles. The average molecular weight is 404 g/mol. The molecule has 1 atom stereocenters. The summed E-state index contributed by atoms with van der Waals surface area (Å²) < 4.78 is 26.9. The van der Waals surface area contributed by atoms with Gasteiger partial charge in [-0.3, -0.25) is 9.78 Å². The van der Waals surface area contributed by atoms with Gasteiger partial charge in [0.05, 0.1) is 0 Å². The quantitative estimate of drug-likeness (QED) is 0.618. The van der Waals surface area contributed by atoms with Gasteiger partial charge in [0.15, 0.2) is 0 Å². The van der Waals surface area contributed by atoms with E-state index in [1.807, 2.05) is 12.3 Å². The molecule has 2 aromatic rings. The summed E-state index contributed by atoms with van der Waals surface area (Å²) in [4.78, 5) is 15.9. The van der Waals surface area contributed by atoms with Crippen molar-refractivity contribution in [3.05, 3.63) is 65.0 Å². The molecule has 1 amide bonds. The number of nitrogens with one attached hydrogen (secondary N) is 2. The molecule has 0 bridgehead atoms. The molecule has 1 heterocycles. The van der Waals surface area contributed by atoms with Crippen LogP contribution in [0.4, 0.5) is 8.78 Å². The molecule has 0 radical (unpaired) electrons. The van der Waals surface area contributed by atoms with Crippen molar-refractivity contribution in [1.82, 2.24) is 15.6 Å². The topological polar surface area (TPSA) is 54.0 Å². The van der Waals surface area contributed by atoms with Gasteiger partial charge in [-0.25, -0.2) is 8.78 Å². The predicted octanol–water partition coefficient (Wildman–Crippen LogP) is 4.18. The van der Waals surface area contributed by atoms with E-state index in [9.17, 15) is 13.6 Å². The van der Waals surface area contributed by atoms with E-state index in [0.717, 1.165) is 23.7 Å². The highest BCUT2D eigenvalue weighted by atomic mass is 19.1. The van der Waals surface area contributed by atoms with Crippen LogP contribution in [-0.4, -0.2) is 23.5 Å². The summed E-state index contributed by atoms with van der Waals surface area (Å²) in [7, 11) is 0. The first-order valence-corrected chi connectivity index (χ1v) is 9.97. The van der Waals surface area contributed by atoms with Crippen LogP contribution in [0.25, 0.3) is 0 Å². The lowest BCUT2D eigenvalue weighted by Crippen LogP contribution is -2.37. The minimum Gasteiger partial charge on any atom is -0.353 e. The number of hydrogen-bond acceptors (Lipinski definition) is 3. The van der Waals surface area contributed by atoms with Crippen molar-refractivity contribution in [2.45, 2.75) is 59.5 Å². The second-order valence-electron chi connectivity index (χ2n) is 8.74. The predicted molar refractivity (Wildman–Crippen MR) is 111 cm³/mol. The van der Waals surface area contributed by atoms with E-state index in [1.165, 1.54) is 19.1 Å². The van der Waals surface area contributed by atoms with E-state index in [0.29, 0.717) is 31.5 Å². The van der Waals surface area contributed by atoms with Crippen molar-refractivity contribution in [2.75, 3.05) is 6.54 Å². The van der Waals surface area contributed by atoms with Crippen molar-refractivity contribution in [1.29, 1.82) is 0 Å². The van der Waals surface area contributed by atoms with Crippen molar-refractivity contribution in [3.63, 3.8) is 0 Å². The Labute approximate surface area is 172 Å². The highest BCUT2D eigenvalue weighted by molar-refractivity contribution is 5.73. The minimum absolute atomic E-state index is 0.159. The van der Waals surface area contributed by atoms with Crippen LogP contribution in [0.5, 0.6) is 0 Å². The Hall–Kier alpha value is -2.34. The average Bonchev–Trinajstić information content (AvgIpc) is 2.56. The summed E-state index contributed by atoms with van der Waals surface area (Å²) >= 11 is 0. The van der Waals surface area contributed by atoms with Gasteiger partial charge in [0, 0.05) is 37.5 Å². The summed E-state index contributed by atoms with van der Waals surface area (Å²) in [5.74, 6) is -1.38. The molecule has 0 aliphatic rings. The Morgan fingerprint density at radius 3 is 2.41 bits per heavy atom. The second kappa shape index (κ2) is 10.4. The SMILES string of the molecule is CC(=O)N[C@H](CCNCc1ccnc(CC(C)(C)C)c1)Cc1cc(F)cc(F)c1. The number of aromatic nitrogens is 1. The lowest BCUT2D eigenvalue weighted by Gasteiger charge is -2.19. The number of carbonyl (C=O) groups excluding carboxylic acids is 1. The molecule has 0 spiro atoms. The Morgan fingerprint density at radius 2 is 1.79 bits per heavy atom. The molecule has 0 unspecified atom stereocenters. The summed E-state index contributed by atoms with van der Waals surface area (Å²) in [6.07, 6.45) is 3.77. The molecule has 158 valence electrons. The molecule has 1 aromatic heterocycles. The maximum absolute atomic E-state index is 13.4. The van der Waals surface area contributed by atoms with Gasteiger partial charge in [0.1, 0.15) is 11.6 Å². The van der Waals surface area contributed by atoms with Gasteiger partial charge in [-0.15, -0.1) is 0 Å². The van der Waals surface area contributed by atoms with E-state index >= 15 is 0 Å². The van der Waals surface area contributed by atoms with E-state index in [4.69, 9.17) is 0 Å². The number of halogens is 2. The maximum atomic E-state index is 13.4. The van der Waals surface area contributed by atoms with E-state index in [2.05, 4.69) is 42.5 Å². The van der Waals surface area contributed by atoms with Gasteiger partial charge >= 0.3 is 0 Å². The largest absolute Gasteiger partial charge is 0.353 e. The summed E-state index contributed by atoms with van der Waals surface area (Å²) in [5, 5.41) is 6.24. The van der Waals surface area contributed by atoms with E-state index in [1.54, 1.807) is 0 Å². The Kier molecular flexibility index (Phi) is 8.26. The Morgan fingerprint density at radius 1 is 1.10 bits per heavy atom. The van der Waals surface area contributed by atoms with Gasteiger partial charge in [-0.2, -0.15) is 0 Å². The van der Waals surface area contributed by atoms with E-state index < -0.39 is 11.6 Å². The summed E-state index contributed by atoms with van der Waals surface area (Å²) in [5.41, 5.74) is 2.94. The molecule has 6 heteroatoms. The highest BCUT2D eigenvalue weighted by Gasteiger charge is 2.14. The van der Waals surface area contributed by atoms with Gasteiger partial charge < -0.3 is 10.6 Å². The van der Waals surface area contributed by atoms with Crippen molar-refractivity contribution in [3.8, 4) is 0 Å². The van der Waals surface area contributed by atoms with Crippen LogP contribution in [0.1, 0.15) is 50.9 Å². The molecule has 4 nitrogen and oxygen atoms in total. The molecule has 0 saturated heterocycles. The van der Waals surface area contributed by atoms with Crippen LogP contribution in [0.3, 0.4) is 0 Å². The number of benzene rings is 1. The normalized spacial score (nSPS) is 12.6. The third kappa shape index (κ3) is 9.13. The smallest absolute Gasteiger partial charge is 0.217 e. The number of hydrogen-bond donors (Lipinski definition) is 2. The number of pyridine rings is 1. The highest BCUT2D eigenvalue weighted by Crippen LogP contribution is 2.19. The molecule has 0 aliphatic carbocycles. The molecular weight excluding hydrogens is 372 g/mol. The molecular formula is C23H31F2N3O. The fourth-order valence-electron chi connectivity index (χ4n) is 3.31. The number of carbonyl (C=O) groups is 1. The molecule has 0 aliphatic heterocycles. The first kappa shape index (κ1) is 22.9. The van der Waals surface area contributed by atoms with Gasteiger partial charge in [-0.05, 0) is 66.6 Å². The Bertz CT molecular complexity index is 798. The van der Waals surface area contributed by atoms with Crippen molar-refractivity contribution >= 4 is 5.91 Å². The lowest BCUT2D eigenvalue weighted by atomic mass is 9.90. The zero-order valence-electron chi connectivity index (χ0n) is 17.7. The standard InChI is InChI=1S/C23H31F2N3O/c1-16(29)28-21(12-18-9-19(24)13-20(25)10-18)6-7-26-15-17-5-8-27-22(11-17)14-23(2,3)4/h5,8-11,13,21,26H,6-7,12,14-15H2,1-4H3,(H,28,29)/t21-/m1/s1. The number of nitrogens with zero attached hydrogens (tertiary/aromatic N) is 1. The van der Waals surface area contributed by atoms with Crippen molar-refractivity contribution in [2.24, 2.45) is 5.41 Å². The summed E-state index contributed by atoms with van der Waals surface area (Å²) in [6, 6.07) is 7.35. The fraction of sp³-hybridized carbons (Fsp3) is 0.478. The van der Waals surface area contributed by atoms with Crippen LogP contribution in [0.2, 0.25) is 0 Å². The van der Waals surface area contributed by atoms with E-state index in [-0.39, 0.29) is 17.4 Å². The zero-order valence-corrected chi connectivity index (χ0v) is 17.7. The van der Waals surface area contributed by atoms with Gasteiger partial charge in [0.25, 0.3) is 0 Å². The lowest BCUT2D eigenvalue weighted by molar-refractivity contribution is -0.119. The van der Waals surface area contributed by atoms with Crippen LogP contribution in [-0.2, 0) is 24.2 Å². The number of amides is 1. The monoisotopic (exact) mass is 403 g/mol. The van der Waals surface area contributed by atoms with Crippen LogP contribution < -0.4 is 10.6 Å². The minimum atomic E-state index is -0.608. The summed E-state index contributed by atoms with van der Waals surface area (Å²) in [6.45, 7) is 9.37. The second-order valence-corrected chi connectivity index (χ2v) is 8.74. The fourth-order valence-corrected chi connectivity index (χ4v) is 3.31. The van der Waals surface area contributed by atoms with Crippen molar-refractivity contribution < 1.29 is 13.6 Å². The molecule has 0 fully saturated rings. The van der Waals surface area contributed by atoms with Crippen LogP contribution >= 0.6 is 0 Å². The molecule has 29 heavy (non-hydrogen) atoms. The molecule has 2 rings (SSSR count). The third-order valence-corrected chi connectivity index (χ3v) is 4.40. The van der Waals surface area contributed by atoms with Crippen LogP contribution in [0.15, 0.2) is 36.5 Å². The zero-order chi connectivity index (χ0) is 21.4. The first-order valence-electron chi connectivity index (χ1n) is 9.97. The molecule has 0 saturated carbocycles. The maximum Gasteiger partial charge on any atom is 0.217 e. The number of rotatable bonds is 9. The third-order valence-electron chi connectivity index (χ3n) is 4.40. The van der Waals surface area contributed by atoms with Crippen LogP contribution in [0, 0.1) is 17.0 Å². The van der Waals surface area contributed by atoms with Gasteiger partial charge in [0.2, 0.25) is 5.91 Å². The van der Waals surface area contributed by atoms with Gasteiger partial charge in [-0.1, -0.05) is 20.8 Å².